The molecule has 0 spiro atoms. The largest absolute Gasteiger partial charge is 0.481 e. The van der Waals surface area contributed by atoms with Crippen molar-refractivity contribution in [2.45, 2.75) is 45.6 Å². The number of carbonyl (C=O) groups is 2. The van der Waals surface area contributed by atoms with Crippen LogP contribution in [-0.4, -0.2) is 29.6 Å². The Bertz CT molecular complexity index is 930. The van der Waals surface area contributed by atoms with Gasteiger partial charge in [-0.25, -0.2) is 4.79 Å². The van der Waals surface area contributed by atoms with E-state index >= 15 is 0 Å². The van der Waals surface area contributed by atoms with E-state index in [1.54, 1.807) is 13.0 Å². The summed E-state index contributed by atoms with van der Waals surface area (Å²) in [7, 11) is 0. The molecule has 1 amide bonds. The molecular formula is C19H21NO6. The van der Waals surface area contributed by atoms with Crippen molar-refractivity contribution >= 4 is 22.8 Å². The summed E-state index contributed by atoms with van der Waals surface area (Å²) in [6.07, 6.45) is 1.39. The molecule has 3 rings (SSSR count). The van der Waals surface area contributed by atoms with Gasteiger partial charge in [0.25, 0.3) is 5.91 Å². The zero-order valence-electron chi connectivity index (χ0n) is 14.8. The minimum absolute atomic E-state index is 0.0424. The van der Waals surface area contributed by atoms with Crippen molar-refractivity contribution in [3.63, 3.8) is 0 Å². The van der Waals surface area contributed by atoms with Crippen LogP contribution >= 0.6 is 0 Å². The number of aliphatic carboxylic acids is 1. The van der Waals surface area contributed by atoms with E-state index in [-0.39, 0.29) is 18.6 Å². The van der Waals surface area contributed by atoms with Crippen LogP contribution in [0.5, 0.6) is 5.75 Å². The zero-order chi connectivity index (χ0) is 18.8. The minimum atomic E-state index is -0.978. The van der Waals surface area contributed by atoms with Crippen LogP contribution in [0.3, 0.4) is 0 Å². The second kappa shape index (κ2) is 7.19. The number of fused-ring (bicyclic) bond motifs is 3. The third-order valence-corrected chi connectivity index (χ3v) is 4.49. The van der Waals surface area contributed by atoms with Crippen LogP contribution in [0.25, 0.3) is 11.0 Å². The van der Waals surface area contributed by atoms with Gasteiger partial charge in [0, 0.05) is 12.1 Å². The van der Waals surface area contributed by atoms with Gasteiger partial charge in [0.2, 0.25) is 0 Å². The highest BCUT2D eigenvalue weighted by atomic mass is 16.5. The summed E-state index contributed by atoms with van der Waals surface area (Å²) >= 11 is 0. The van der Waals surface area contributed by atoms with Gasteiger partial charge >= 0.3 is 11.6 Å². The van der Waals surface area contributed by atoms with Gasteiger partial charge in [-0.3, -0.25) is 9.59 Å². The fourth-order valence-corrected chi connectivity index (χ4v) is 3.28. The molecular weight excluding hydrogens is 338 g/mol. The average molecular weight is 359 g/mol. The SMILES string of the molecule is Cc1cc(O[C@H](C)C(=O)NCCC(=O)O)c2c3c(c(=O)oc2c1)CCC3. The van der Waals surface area contributed by atoms with Crippen LogP contribution in [-0.2, 0) is 22.4 Å². The van der Waals surface area contributed by atoms with Crippen LogP contribution in [0, 0.1) is 6.92 Å². The number of rotatable bonds is 6. The van der Waals surface area contributed by atoms with Crippen LogP contribution in [0.4, 0.5) is 0 Å². The number of hydrogen-bond donors (Lipinski definition) is 2. The summed E-state index contributed by atoms with van der Waals surface area (Å²) in [6, 6.07) is 3.61. The van der Waals surface area contributed by atoms with E-state index in [4.69, 9.17) is 14.3 Å². The Labute approximate surface area is 150 Å². The predicted octanol–water partition coefficient (Wildman–Crippen LogP) is 1.95. The van der Waals surface area contributed by atoms with Crippen molar-refractivity contribution in [2.24, 2.45) is 0 Å². The van der Waals surface area contributed by atoms with Crippen LogP contribution in [0.2, 0.25) is 0 Å². The fraction of sp³-hybridized carbons (Fsp3) is 0.421. The van der Waals surface area contributed by atoms with Crippen LogP contribution < -0.4 is 15.7 Å². The first-order valence-electron chi connectivity index (χ1n) is 8.62. The maximum Gasteiger partial charge on any atom is 0.339 e. The molecule has 2 N–H and O–H groups in total. The lowest BCUT2D eigenvalue weighted by molar-refractivity contribution is -0.137. The van der Waals surface area contributed by atoms with Crippen LogP contribution in [0.15, 0.2) is 21.3 Å². The van der Waals surface area contributed by atoms with E-state index in [2.05, 4.69) is 5.32 Å². The van der Waals surface area contributed by atoms with Crippen molar-refractivity contribution in [1.82, 2.24) is 5.32 Å². The van der Waals surface area contributed by atoms with E-state index in [0.717, 1.165) is 29.4 Å². The first kappa shape index (κ1) is 18.0. The smallest absolute Gasteiger partial charge is 0.339 e. The number of benzene rings is 1. The molecule has 0 saturated heterocycles. The van der Waals surface area contributed by atoms with Gasteiger partial charge in [0.05, 0.1) is 11.8 Å². The van der Waals surface area contributed by atoms with Crippen molar-refractivity contribution < 1.29 is 23.8 Å². The summed E-state index contributed by atoms with van der Waals surface area (Å²) in [6.45, 7) is 3.50. The molecule has 0 radical (unpaired) electrons. The van der Waals surface area contributed by atoms with Gasteiger partial charge in [0.15, 0.2) is 6.10 Å². The maximum absolute atomic E-state index is 12.1. The Hall–Kier alpha value is -2.83. The molecule has 1 aromatic heterocycles. The highest BCUT2D eigenvalue weighted by Gasteiger charge is 2.24. The lowest BCUT2D eigenvalue weighted by Gasteiger charge is -2.17. The highest BCUT2D eigenvalue weighted by molar-refractivity contribution is 5.89. The molecule has 0 aliphatic heterocycles. The van der Waals surface area contributed by atoms with Gasteiger partial charge in [-0.05, 0) is 56.4 Å². The summed E-state index contributed by atoms with van der Waals surface area (Å²) in [5.41, 5.74) is 2.63. The number of carboxylic acids is 1. The first-order valence-corrected chi connectivity index (χ1v) is 8.62. The molecule has 0 unspecified atom stereocenters. The number of carbonyl (C=O) groups excluding carboxylic acids is 1. The van der Waals surface area contributed by atoms with E-state index in [9.17, 15) is 14.4 Å². The van der Waals surface area contributed by atoms with Crippen molar-refractivity contribution in [2.75, 3.05) is 6.54 Å². The Morgan fingerprint density at radius 3 is 2.77 bits per heavy atom. The van der Waals surface area contributed by atoms with Gasteiger partial charge in [-0.15, -0.1) is 0 Å². The molecule has 26 heavy (non-hydrogen) atoms. The number of ether oxygens (including phenoxy) is 1. The molecule has 0 saturated carbocycles. The Morgan fingerprint density at radius 1 is 1.31 bits per heavy atom. The molecule has 7 nitrogen and oxygen atoms in total. The zero-order valence-corrected chi connectivity index (χ0v) is 14.8. The molecule has 1 heterocycles. The van der Waals surface area contributed by atoms with Crippen molar-refractivity contribution in [1.29, 1.82) is 0 Å². The van der Waals surface area contributed by atoms with E-state index in [1.165, 1.54) is 0 Å². The van der Waals surface area contributed by atoms with E-state index in [0.29, 0.717) is 23.3 Å². The fourth-order valence-electron chi connectivity index (χ4n) is 3.28. The van der Waals surface area contributed by atoms with Crippen molar-refractivity contribution in [3.05, 3.63) is 39.2 Å². The monoisotopic (exact) mass is 359 g/mol. The van der Waals surface area contributed by atoms with Gasteiger partial charge in [-0.1, -0.05) is 0 Å². The average Bonchev–Trinajstić information content (AvgIpc) is 3.03. The number of aryl methyl sites for hydroxylation is 2. The number of hydrogen-bond acceptors (Lipinski definition) is 5. The predicted molar refractivity (Wildman–Crippen MR) is 94.6 cm³/mol. The number of amides is 1. The molecule has 1 aliphatic carbocycles. The highest BCUT2D eigenvalue weighted by Crippen LogP contribution is 2.35. The second-order valence-electron chi connectivity index (χ2n) is 6.53. The number of nitrogens with one attached hydrogen (secondary N) is 1. The molecule has 138 valence electrons. The molecule has 7 heteroatoms. The molecule has 1 aromatic carbocycles. The Morgan fingerprint density at radius 2 is 2.04 bits per heavy atom. The van der Waals surface area contributed by atoms with Gasteiger partial charge < -0.3 is 19.6 Å². The quantitative estimate of drug-likeness (QED) is 0.764. The first-order chi connectivity index (χ1) is 12.4. The molecule has 1 atom stereocenters. The summed E-state index contributed by atoms with van der Waals surface area (Å²) in [4.78, 5) is 34.8. The second-order valence-corrected chi connectivity index (χ2v) is 6.53. The minimum Gasteiger partial charge on any atom is -0.481 e. The summed E-state index contributed by atoms with van der Waals surface area (Å²) < 4.78 is 11.3. The van der Waals surface area contributed by atoms with E-state index in [1.807, 2.05) is 13.0 Å². The summed E-state index contributed by atoms with van der Waals surface area (Å²) in [5.74, 6) is -0.869. The molecule has 0 bridgehead atoms. The lowest BCUT2D eigenvalue weighted by Crippen LogP contribution is -2.37. The molecule has 1 aliphatic rings. The lowest BCUT2D eigenvalue weighted by atomic mass is 10.0. The standard InChI is InChI=1S/C19H21NO6/c1-10-8-14(25-11(2)18(23)20-7-6-16(21)22)17-12-4-3-5-13(12)19(24)26-15(17)9-10/h8-9,11H,3-7H2,1-2H3,(H,20,23)(H,21,22)/t11-/m1/s1. The third-order valence-electron chi connectivity index (χ3n) is 4.49. The maximum atomic E-state index is 12.1. The normalized spacial score (nSPS) is 14.1. The van der Waals surface area contributed by atoms with Crippen molar-refractivity contribution in [3.8, 4) is 5.75 Å². The number of carboxylic acid groups (broad SMARTS) is 1. The summed E-state index contributed by atoms with van der Waals surface area (Å²) in [5, 5.41) is 11.9. The topological polar surface area (TPSA) is 106 Å². The molecule has 2 aromatic rings. The van der Waals surface area contributed by atoms with E-state index < -0.39 is 18.0 Å². The Kier molecular flexibility index (Phi) is 4.97. The van der Waals surface area contributed by atoms with Gasteiger partial charge in [-0.2, -0.15) is 0 Å². The Balaban J connectivity index is 1.90. The van der Waals surface area contributed by atoms with Crippen LogP contribution in [0.1, 0.15) is 36.5 Å². The van der Waals surface area contributed by atoms with Gasteiger partial charge in [0.1, 0.15) is 11.3 Å². The molecule has 0 fully saturated rings. The third kappa shape index (κ3) is 3.56.